The summed E-state index contributed by atoms with van der Waals surface area (Å²) in [7, 11) is 0. The summed E-state index contributed by atoms with van der Waals surface area (Å²) in [4.78, 5) is 38.1. The van der Waals surface area contributed by atoms with Crippen molar-refractivity contribution in [3.63, 3.8) is 0 Å². The average Bonchev–Trinajstić information content (AvgIpc) is 3.26. The predicted octanol–water partition coefficient (Wildman–Crippen LogP) is 18.1. The van der Waals surface area contributed by atoms with Gasteiger partial charge in [0.05, 0.1) is 0 Å². The van der Waals surface area contributed by atoms with E-state index in [2.05, 4.69) is 34.6 Å². The molecule has 0 aliphatic rings. The lowest BCUT2D eigenvalue weighted by atomic mass is 9.99. The van der Waals surface area contributed by atoms with Crippen LogP contribution < -0.4 is 0 Å². The highest BCUT2D eigenvalue weighted by Gasteiger charge is 2.19. The Bertz CT molecular complexity index is 949. The van der Waals surface area contributed by atoms with Crippen LogP contribution in [0.5, 0.6) is 0 Å². The molecular formula is C56H108O6. The number of hydrogen-bond donors (Lipinski definition) is 0. The Balaban J connectivity index is 4.32. The maximum atomic E-state index is 12.8. The van der Waals surface area contributed by atoms with Crippen LogP contribution in [-0.4, -0.2) is 37.2 Å². The molecule has 6 heteroatoms. The van der Waals surface area contributed by atoms with Gasteiger partial charge < -0.3 is 14.2 Å². The Morgan fingerprint density at radius 2 is 0.613 bits per heavy atom. The lowest BCUT2D eigenvalue weighted by Crippen LogP contribution is -2.30. The van der Waals surface area contributed by atoms with E-state index in [0.29, 0.717) is 19.3 Å². The first kappa shape index (κ1) is 60.4. The number of rotatable bonds is 50. The van der Waals surface area contributed by atoms with E-state index in [0.717, 1.165) is 69.6 Å². The predicted molar refractivity (Wildman–Crippen MR) is 266 cm³/mol. The Morgan fingerprint density at radius 3 is 0.919 bits per heavy atom. The molecule has 0 saturated heterocycles. The summed E-state index contributed by atoms with van der Waals surface area (Å²) in [5, 5.41) is 0. The second kappa shape index (κ2) is 48.9. The van der Waals surface area contributed by atoms with Crippen LogP contribution >= 0.6 is 0 Å². The fourth-order valence-corrected chi connectivity index (χ4v) is 8.49. The first-order chi connectivity index (χ1) is 30.3. The van der Waals surface area contributed by atoms with Crippen LogP contribution in [0.2, 0.25) is 0 Å². The molecule has 62 heavy (non-hydrogen) atoms. The van der Waals surface area contributed by atoms with Gasteiger partial charge in [0.1, 0.15) is 13.2 Å². The van der Waals surface area contributed by atoms with E-state index < -0.39 is 6.10 Å². The summed E-state index contributed by atoms with van der Waals surface area (Å²) < 4.78 is 16.9. The summed E-state index contributed by atoms with van der Waals surface area (Å²) in [5.41, 5.74) is 0. The fourth-order valence-electron chi connectivity index (χ4n) is 8.49. The van der Waals surface area contributed by atoms with Crippen LogP contribution in [0.25, 0.3) is 0 Å². The van der Waals surface area contributed by atoms with E-state index in [4.69, 9.17) is 14.2 Å². The number of hydrogen-bond acceptors (Lipinski definition) is 6. The number of ether oxygens (including phenoxy) is 3. The number of carbonyl (C=O) groups excluding carboxylic acids is 3. The maximum Gasteiger partial charge on any atom is 0.306 e. The van der Waals surface area contributed by atoms with Crippen LogP contribution in [0.1, 0.15) is 311 Å². The van der Waals surface area contributed by atoms with Gasteiger partial charge in [0.25, 0.3) is 0 Å². The third kappa shape index (κ3) is 47.9. The Kier molecular flexibility index (Phi) is 47.6. The van der Waals surface area contributed by atoms with Crippen LogP contribution in [0.3, 0.4) is 0 Å². The molecule has 0 heterocycles. The van der Waals surface area contributed by atoms with Gasteiger partial charge in [-0.2, -0.15) is 0 Å². The second-order valence-electron chi connectivity index (χ2n) is 19.9. The standard InChI is InChI=1S/C56H108O6/c1-6-8-9-10-11-12-13-14-17-20-26-31-36-41-46-54(57)60-49-53(50-61-55(58)47-42-37-32-27-23-22-25-30-35-40-45-52(5)7-2)62-56(59)48-43-38-33-28-21-18-15-16-19-24-29-34-39-44-51(3)4/h51-53H,6-50H2,1-5H3/t52?,53-/m0/s1. The molecule has 0 N–H and O–H groups in total. The molecule has 0 aromatic rings. The molecule has 0 rings (SSSR count). The van der Waals surface area contributed by atoms with Crippen LogP contribution in [-0.2, 0) is 28.6 Å². The molecule has 1 unspecified atom stereocenters. The number of carbonyl (C=O) groups is 3. The van der Waals surface area contributed by atoms with Crippen LogP contribution in [0.15, 0.2) is 0 Å². The molecular weight excluding hydrogens is 769 g/mol. The topological polar surface area (TPSA) is 78.9 Å². The molecule has 0 aromatic carbocycles. The van der Waals surface area contributed by atoms with Crippen LogP contribution in [0.4, 0.5) is 0 Å². The van der Waals surface area contributed by atoms with Gasteiger partial charge in [-0.1, -0.05) is 272 Å². The molecule has 0 fully saturated rings. The van der Waals surface area contributed by atoms with Gasteiger partial charge in [-0.15, -0.1) is 0 Å². The largest absolute Gasteiger partial charge is 0.462 e. The van der Waals surface area contributed by atoms with Crippen molar-refractivity contribution in [1.29, 1.82) is 0 Å². The monoisotopic (exact) mass is 877 g/mol. The summed E-state index contributed by atoms with van der Waals surface area (Å²) in [6, 6.07) is 0. The van der Waals surface area contributed by atoms with Crippen molar-refractivity contribution in [2.75, 3.05) is 13.2 Å². The zero-order chi connectivity index (χ0) is 45.4. The van der Waals surface area contributed by atoms with Crippen molar-refractivity contribution in [2.24, 2.45) is 11.8 Å². The van der Waals surface area contributed by atoms with Crippen LogP contribution in [0, 0.1) is 11.8 Å². The highest BCUT2D eigenvalue weighted by molar-refractivity contribution is 5.71. The van der Waals surface area contributed by atoms with Gasteiger partial charge in [0, 0.05) is 19.3 Å². The third-order valence-electron chi connectivity index (χ3n) is 13.1. The van der Waals surface area contributed by atoms with E-state index in [1.807, 2.05) is 0 Å². The van der Waals surface area contributed by atoms with E-state index >= 15 is 0 Å². The first-order valence-electron chi connectivity index (χ1n) is 27.8. The summed E-state index contributed by atoms with van der Waals surface area (Å²) in [6.07, 6.45) is 50.8. The molecule has 0 amide bonds. The molecule has 0 aliphatic carbocycles. The van der Waals surface area contributed by atoms with Crippen molar-refractivity contribution in [3.05, 3.63) is 0 Å². The van der Waals surface area contributed by atoms with Gasteiger partial charge in [0.15, 0.2) is 6.10 Å². The van der Waals surface area contributed by atoms with Gasteiger partial charge >= 0.3 is 17.9 Å². The van der Waals surface area contributed by atoms with Crippen molar-refractivity contribution in [2.45, 2.75) is 317 Å². The Hall–Kier alpha value is -1.59. The SMILES string of the molecule is CCCCCCCCCCCCCCCCC(=O)OC[C@@H](COC(=O)CCCCCCCCCCCCC(C)CC)OC(=O)CCCCCCCCCCCCCCCC(C)C. The van der Waals surface area contributed by atoms with Crippen molar-refractivity contribution in [1.82, 2.24) is 0 Å². The minimum absolute atomic E-state index is 0.0630. The molecule has 368 valence electrons. The van der Waals surface area contributed by atoms with E-state index in [-0.39, 0.29) is 31.1 Å². The minimum atomic E-state index is -0.762. The highest BCUT2D eigenvalue weighted by atomic mass is 16.6. The smallest absolute Gasteiger partial charge is 0.306 e. The zero-order valence-electron chi connectivity index (χ0n) is 42.5. The molecule has 0 aliphatic heterocycles. The Labute approximate surface area is 387 Å². The molecule has 0 radical (unpaired) electrons. The van der Waals surface area contributed by atoms with Crippen molar-refractivity contribution >= 4 is 17.9 Å². The Morgan fingerprint density at radius 1 is 0.339 bits per heavy atom. The molecule has 0 spiro atoms. The molecule has 0 bridgehead atoms. The maximum absolute atomic E-state index is 12.8. The normalized spacial score (nSPS) is 12.5. The molecule has 0 saturated carbocycles. The highest BCUT2D eigenvalue weighted by Crippen LogP contribution is 2.18. The van der Waals surface area contributed by atoms with E-state index in [1.54, 1.807) is 0 Å². The second-order valence-corrected chi connectivity index (χ2v) is 19.9. The van der Waals surface area contributed by atoms with Gasteiger partial charge in [-0.3, -0.25) is 14.4 Å². The summed E-state index contributed by atoms with van der Waals surface area (Å²) in [6.45, 7) is 11.4. The van der Waals surface area contributed by atoms with E-state index in [9.17, 15) is 14.4 Å². The van der Waals surface area contributed by atoms with E-state index in [1.165, 1.54) is 199 Å². The first-order valence-corrected chi connectivity index (χ1v) is 27.8. The lowest BCUT2D eigenvalue weighted by molar-refractivity contribution is -0.167. The summed E-state index contributed by atoms with van der Waals surface area (Å²) >= 11 is 0. The van der Waals surface area contributed by atoms with Gasteiger partial charge in [0.2, 0.25) is 0 Å². The van der Waals surface area contributed by atoms with Crippen molar-refractivity contribution in [3.8, 4) is 0 Å². The number of esters is 3. The van der Waals surface area contributed by atoms with Gasteiger partial charge in [-0.05, 0) is 31.1 Å². The molecule has 2 atom stereocenters. The molecule has 6 nitrogen and oxygen atoms in total. The van der Waals surface area contributed by atoms with Crippen molar-refractivity contribution < 1.29 is 28.6 Å². The third-order valence-corrected chi connectivity index (χ3v) is 13.1. The summed E-state index contributed by atoms with van der Waals surface area (Å²) in [5.74, 6) is 0.865. The quantitative estimate of drug-likeness (QED) is 0.0344. The minimum Gasteiger partial charge on any atom is -0.462 e. The average molecular weight is 877 g/mol. The fraction of sp³-hybridized carbons (Fsp3) is 0.946. The lowest BCUT2D eigenvalue weighted by Gasteiger charge is -2.18. The van der Waals surface area contributed by atoms with Gasteiger partial charge in [-0.25, -0.2) is 0 Å². The zero-order valence-corrected chi connectivity index (χ0v) is 42.5. The molecule has 0 aromatic heterocycles. The number of unbranched alkanes of at least 4 members (excludes halogenated alkanes) is 34.